The number of anilines is 1. The number of hydrogen-bond donors (Lipinski definition) is 0. The Morgan fingerprint density at radius 2 is 2.00 bits per heavy atom. The summed E-state index contributed by atoms with van der Waals surface area (Å²) in [6.45, 7) is 0. The van der Waals surface area contributed by atoms with Crippen molar-refractivity contribution in [1.29, 1.82) is 0 Å². The van der Waals surface area contributed by atoms with E-state index < -0.39 is 11.1 Å². The molecule has 14 heavy (non-hydrogen) atoms. The predicted octanol–water partition coefficient (Wildman–Crippen LogP) is -1.24. The maximum Gasteiger partial charge on any atom is 1.00 e. The van der Waals surface area contributed by atoms with E-state index in [0.717, 1.165) is 5.69 Å². The Hall–Kier alpha value is 0.610. The fourth-order valence-electron chi connectivity index (χ4n) is 0.898. The van der Waals surface area contributed by atoms with Crippen molar-refractivity contribution >= 4 is 32.7 Å². The van der Waals surface area contributed by atoms with Gasteiger partial charge in [-0.3, -0.25) is 4.21 Å². The van der Waals surface area contributed by atoms with Crippen LogP contribution in [0.4, 0.5) is 5.69 Å². The molecule has 3 nitrogen and oxygen atoms in total. The minimum absolute atomic E-state index is 0. The third kappa shape index (κ3) is 3.64. The molecule has 0 spiro atoms. The topological polar surface area (TPSA) is 43.4 Å². The normalized spacial score (nSPS) is 11.7. The van der Waals surface area contributed by atoms with Crippen molar-refractivity contribution in [3.63, 3.8) is 0 Å². The third-order valence-corrected chi connectivity index (χ3v) is 3.26. The molecule has 0 radical (unpaired) electrons. The third-order valence-electron chi connectivity index (χ3n) is 1.61. The summed E-state index contributed by atoms with van der Waals surface area (Å²) >= 11 is 0.978. The Kier molecular flexibility index (Phi) is 6.52. The van der Waals surface area contributed by atoms with Crippen molar-refractivity contribution < 1.29 is 38.3 Å². The molecule has 1 aromatic rings. The molecule has 6 heteroatoms. The van der Waals surface area contributed by atoms with Crippen LogP contribution in [-0.2, 0) is 11.1 Å². The van der Waals surface area contributed by atoms with Gasteiger partial charge >= 0.3 is 29.6 Å². The monoisotopic (exact) mass is 285 g/mol. The molecule has 0 aliphatic rings. The van der Waals surface area contributed by atoms with Crippen LogP contribution < -0.4 is 34.5 Å². The maximum atomic E-state index is 10.7. The van der Waals surface area contributed by atoms with Gasteiger partial charge in [-0.05, 0) is 45.2 Å². The fourth-order valence-corrected chi connectivity index (χ4v) is 1.99. The molecule has 1 rings (SSSR count). The van der Waals surface area contributed by atoms with Crippen molar-refractivity contribution in [2.45, 2.75) is 4.90 Å². The summed E-state index contributed by atoms with van der Waals surface area (Å²) in [5, 5.41) is 0. The molecule has 0 fully saturated rings. The minimum Gasteiger partial charge on any atom is -0.768 e. The van der Waals surface area contributed by atoms with Gasteiger partial charge in [0.1, 0.15) is 0 Å². The molecule has 1 unspecified atom stereocenters. The smallest absolute Gasteiger partial charge is 0.768 e. The molecule has 0 saturated carbocycles. The zero-order valence-corrected chi connectivity index (χ0v) is 12.7. The minimum atomic E-state index is -2.19. The number of halogens is 1. The molecule has 0 amide bonds. The Labute approximate surface area is 117 Å². The molecule has 1 aromatic carbocycles. The first-order valence-electron chi connectivity index (χ1n) is 3.58. The van der Waals surface area contributed by atoms with E-state index in [1.807, 2.05) is 25.1 Å². The summed E-state index contributed by atoms with van der Waals surface area (Å²) in [5.41, 5.74) is 0.863. The largest absolute Gasteiger partial charge is 1.00 e. The maximum absolute atomic E-state index is 10.7. The fraction of sp³-hybridized carbons (Fsp3) is 0.250. The van der Waals surface area contributed by atoms with Gasteiger partial charge in [0.2, 0.25) is 0 Å². The number of hydrogen-bond acceptors (Lipinski definition) is 3. The predicted molar refractivity (Wildman–Crippen MR) is 55.7 cm³/mol. The van der Waals surface area contributed by atoms with Crippen LogP contribution in [0.25, 0.3) is 0 Å². The van der Waals surface area contributed by atoms with Gasteiger partial charge in [0.05, 0.1) is 0 Å². The molecule has 72 valence electrons. The van der Waals surface area contributed by atoms with E-state index >= 15 is 0 Å². The first-order valence-corrected chi connectivity index (χ1v) is 5.45. The first-order chi connectivity index (χ1) is 6.02. The average molecular weight is 286 g/mol. The van der Waals surface area contributed by atoms with Crippen LogP contribution in [0.3, 0.4) is 0 Å². The van der Waals surface area contributed by atoms with Crippen LogP contribution in [0.15, 0.2) is 27.6 Å². The van der Waals surface area contributed by atoms with Crippen LogP contribution in [-0.4, -0.2) is 22.9 Å². The van der Waals surface area contributed by atoms with Crippen molar-refractivity contribution in [2.75, 3.05) is 19.0 Å². The van der Waals surface area contributed by atoms with Gasteiger partial charge in [0.15, 0.2) is 0 Å². The molecule has 0 N–H and O–H groups in total. The van der Waals surface area contributed by atoms with Crippen LogP contribution in [0.2, 0.25) is 0 Å². The van der Waals surface area contributed by atoms with E-state index in [1.165, 1.54) is 0 Å². The molecular weight excluding hydrogens is 277 g/mol. The molecule has 0 aliphatic heterocycles. The van der Waals surface area contributed by atoms with Crippen LogP contribution >= 0.6 is 15.9 Å². The Morgan fingerprint density at radius 1 is 1.43 bits per heavy atom. The zero-order valence-electron chi connectivity index (χ0n) is 8.28. The summed E-state index contributed by atoms with van der Waals surface area (Å²) in [6.07, 6.45) is 0. The van der Waals surface area contributed by atoms with E-state index in [4.69, 9.17) is 0 Å². The second-order valence-corrected chi connectivity index (χ2v) is 4.51. The van der Waals surface area contributed by atoms with Gasteiger partial charge < -0.3 is 9.45 Å². The van der Waals surface area contributed by atoms with Crippen molar-refractivity contribution in [3.8, 4) is 0 Å². The second kappa shape index (κ2) is 6.25. The Morgan fingerprint density at radius 3 is 2.43 bits per heavy atom. The summed E-state index contributed by atoms with van der Waals surface area (Å²) in [7, 11) is 3.72. The Balaban J connectivity index is 0.00000169. The first kappa shape index (κ1) is 14.6. The van der Waals surface area contributed by atoms with E-state index in [0.29, 0.717) is 4.47 Å². The number of benzene rings is 1. The SMILES string of the molecule is CN(C)c1ccc(Br)c(S(=O)[O-])c1.[Na+]. The zero-order chi connectivity index (χ0) is 10.0. The van der Waals surface area contributed by atoms with Gasteiger partial charge in [-0.15, -0.1) is 0 Å². The van der Waals surface area contributed by atoms with Gasteiger partial charge in [0, 0.05) is 29.2 Å². The number of nitrogens with zero attached hydrogens (tertiary/aromatic N) is 1. The summed E-state index contributed by atoms with van der Waals surface area (Å²) in [5.74, 6) is 0. The van der Waals surface area contributed by atoms with Crippen molar-refractivity contribution in [3.05, 3.63) is 22.7 Å². The van der Waals surface area contributed by atoms with Crippen molar-refractivity contribution in [2.24, 2.45) is 0 Å². The van der Waals surface area contributed by atoms with Gasteiger partial charge in [-0.25, -0.2) is 0 Å². The van der Waals surface area contributed by atoms with Crippen molar-refractivity contribution in [1.82, 2.24) is 0 Å². The average Bonchev–Trinajstić information content (AvgIpc) is 2.04. The van der Waals surface area contributed by atoms with E-state index in [2.05, 4.69) is 15.9 Å². The molecule has 0 heterocycles. The van der Waals surface area contributed by atoms with E-state index in [-0.39, 0.29) is 34.5 Å². The summed E-state index contributed by atoms with van der Waals surface area (Å²) < 4.78 is 22.1. The molecule has 0 saturated heterocycles. The Bertz CT molecular complexity index is 346. The van der Waals surface area contributed by atoms with Crippen LogP contribution in [0.5, 0.6) is 0 Å². The summed E-state index contributed by atoms with van der Waals surface area (Å²) in [6, 6.07) is 5.19. The standard InChI is InChI=1S/C8H10BrNO2S.Na/c1-10(2)6-3-4-7(9)8(5-6)13(11)12;/h3-5H,1-2H3,(H,11,12);/q;+1/p-1. The van der Waals surface area contributed by atoms with Gasteiger partial charge in [-0.2, -0.15) is 0 Å². The summed E-state index contributed by atoms with van der Waals surface area (Å²) in [4.78, 5) is 2.13. The molecule has 1 atom stereocenters. The molecule has 0 bridgehead atoms. The van der Waals surface area contributed by atoms with E-state index in [9.17, 15) is 8.76 Å². The quantitative estimate of drug-likeness (QED) is 0.504. The molecule has 0 aliphatic carbocycles. The van der Waals surface area contributed by atoms with Crippen LogP contribution in [0.1, 0.15) is 0 Å². The second-order valence-electron chi connectivity index (χ2n) is 2.74. The molecular formula is C8H9BrNNaO2S. The number of rotatable bonds is 2. The van der Waals surface area contributed by atoms with Crippen LogP contribution in [0, 0.1) is 0 Å². The van der Waals surface area contributed by atoms with E-state index in [1.54, 1.807) is 12.1 Å². The van der Waals surface area contributed by atoms with Gasteiger partial charge in [0.25, 0.3) is 0 Å². The van der Waals surface area contributed by atoms with Gasteiger partial charge in [-0.1, -0.05) is 0 Å². The molecule has 0 aromatic heterocycles.